The highest BCUT2D eigenvalue weighted by atomic mass is 16.6. The molecule has 1 aliphatic heterocycles. The third kappa shape index (κ3) is 1.04. The third-order valence-corrected chi connectivity index (χ3v) is 6.67. The van der Waals surface area contributed by atoms with E-state index in [1.165, 1.54) is 7.11 Å². The van der Waals surface area contributed by atoms with Gasteiger partial charge in [0.1, 0.15) is 5.60 Å². The van der Waals surface area contributed by atoms with Crippen molar-refractivity contribution >= 4 is 11.8 Å². The molecule has 20 heavy (non-hydrogen) atoms. The van der Waals surface area contributed by atoms with E-state index in [1.54, 1.807) is 0 Å². The maximum atomic E-state index is 12.2. The second kappa shape index (κ2) is 3.19. The molecule has 4 aliphatic rings. The van der Waals surface area contributed by atoms with Crippen LogP contribution in [0.25, 0.3) is 0 Å². The van der Waals surface area contributed by atoms with Gasteiger partial charge in [-0.1, -0.05) is 13.5 Å². The van der Waals surface area contributed by atoms with E-state index in [0.29, 0.717) is 11.8 Å². The lowest BCUT2D eigenvalue weighted by molar-refractivity contribution is -0.152. The van der Waals surface area contributed by atoms with E-state index in [2.05, 4.69) is 13.5 Å². The van der Waals surface area contributed by atoms with Gasteiger partial charge in [0.2, 0.25) is 0 Å². The molecule has 3 aliphatic carbocycles. The van der Waals surface area contributed by atoms with Crippen LogP contribution in [-0.2, 0) is 19.1 Å². The number of carbonyl (C=O) groups excluding carboxylic acids is 2. The second-order valence-electron chi connectivity index (χ2n) is 7.46. The predicted octanol–water partition coefficient (Wildman–Crippen LogP) is 1.88. The van der Waals surface area contributed by atoms with Crippen molar-refractivity contribution in [3.63, 3.8) is 0 Å². The summed E-state index contributed by atoms with van der Waals surface area (Å²) in [6, 6.07) is 0. The minimum atomic E-state index is -0.426. The highest BCUT2D eigenvalue weighted by Gasteiger charge is 2.84. The van der Waals surface area contributed by atoms with E-state index in [9.17, 15) is 9.59 Å². The molecule has 4 heteroatoms. The van der Waals surface area contributed by atoms with Gasteiger partial charge in [0.05, 0.1) is 12.5 Å². The molecule has 3 saturated carbocycles. The van der Waals surface area contributed by atoms with Gasteiger partial charge in [-0.25, -0.2) is 0 Å². The Balaban J connectivity index is 1.72. The van der Waals surface area contributed by atoms with Crippen LogP contribution in [0.5, 0.6) is 0 Å². The highest BCUT2D eigenvalue weighted by molar-refractivity contribution is 6.07. The normalized spacial score (nSPS) is 55.5. The molecule has 0 radical (unpaired) electrons. The Morgan fingerprint density at radius 2 is 2.05 bits per heavy atom. The van der Waals surface area contributed by atoms with E-state index in [0.717, 1.165) is 24.8 Å². The van der Waals surface area contributed by atoms with Crippen LogP contribution in [0.1, 0.15) is 33.1 Å². The number of carbonyl (C=O) groups is 2. The van der Waals surface area contributed by atoms with Gasteiger partial charge >= 0.3 is 5.97 Å². The average molecular weight is 276 g/mol. The Morgan fingerprint density at radius 3 is 2.70 bits per heavy atom. The Hall–Kier alpha value is -1.16. The Bertz CT molecular complexity index is 567. The van der Waals surface area contributed by atoms with Crippen molar-refractivity contribution in [1.82, 2.24) is 0 Å². The average Bonchev–Trinajstić information content (AvgIpc) is 2.93. The van der Waals surface area contributed by atoms with E-state index in [-0.39, 0.29) is 28.9 Å². The van der Waals surface area contributed by atoms with Crippen molar-refractivity contribution in [3.05, 3.63) is 12.2 Å². The van der Waals surface area contributed by atoms with E-state index in [4.69, 9.17) is 9.47 Å². The van der Waals surface area contributed by atoms with Crippen molar-refractivity contribution in [2.24, 2.45) is 22.7 Å². The molecular formula is C16H20O4. The lowest BCUT2D eigenvalue weighted by Crippen LogP contribution is -2.37. The summed E-state index contributed by atoms with van der Waals surface area (Å²) in [4.78, 5) is 24.2. The van der Waals surface area contributed by atoms with Crippen LogP contribution >= 0.6 is 0 Å². The van der Waals surface area contributed by atoms with Gasteiger partial charge < -0.3 is 9.47 Å². The summed E-state index contributed by atoms with van der Waals surface area (Å²) in [6.07, 6.45) is 2.23. The van der Waals surface area contributed by atoms with E-state index >= 15 is 0 Å². The smallest absolute Gasteiger partial charge is 0.311 e. The molecule has 108 valence electrons. The highest BCUT2D eigenvalue weighted by Crippen LogP contribution is 2.76. The quantitative estimate of drug-likeness (QED) is 0.417. The fraction of sp³-hybridized carbons (Fsp3) is 0.750. The van der Waals surface area contributed by atoms with Gasteiger partial charge in [0.25, 0.3) is 0 Å². The number of hydrogen-bond donors (Lipinski definition) is 0. The number of fused-ring (bicyclic) bond motifs is 2. The number of hydrogen-bond acceptors (Lipinski definition) is 4. The molecule has 4 fully saturated rings. The number of ether oxygens (including phenoxy) is 2. The first-order chi connectivity index (χ1) is 9.30. The molecule has 1 heterocycles. The number of rotatable bonds is 1. The Labute approximate surface area is 118 Å². The molecule has 0 amide bonds. The van der Waals surface area contributed by atoms with Gasteiger partial charge in [0, 0.05) is 11.0 Å². The second-order valence-corrected chi connectivity index (χ2v) is 7.46. The standard InChI is InChI=1S/C16H20O4/c1-8-11(17)12-16(20-12)6-9-5-14(2,13(18)19-4)7-10(9)15(8,16)3/h9-10,12H,1,5-7H2,2-4H3/t9-,10-,12-,14+,15+,16-/m1/s1. The molecule has 4 nitrogen and oxygen atoms in total. The van der Waals surface area contributed by atoms with Crippen LogP contribution in [0.2, 0.25) is 0 Å². The fourth-order valence-corrected chi connectivity index (χ4v) is 5.56. The van der Waals surface area contributed by atoms with Crippen molar-refractivity contribution in [1.29, 1.82) is 0 Å². The minimum absolute atomic E-state index is 0.0811. The largest absolute Gasteiger partial charge is 0.469 e. The molecule has 0 N–H and O–H groups in total. The molecule has 4 rings (SSSR count). The molecule has 0 aromatic carbocycles. The first-order valence-corrected chi connectivity index (χ1v) is 7.30. The van der Waals surface area contributed by atoms with Crippen molar-refractivity contribution in [3.8, 4) is 0 Å². The maximum Gasteiger partial charge on any atom is 0.311 e. The van der Waals surface area contributed by atoms with Crippen molar-refractivity contribution in [2.75, 3.05) is 7.11 Å². The summed E-state index contributed by atoms with van der Waals surface area (Å²) in [5.74, 6) is 0.680. The van der Waals surface area contributed by atoms with Crippen molar-refractivity contribution in [2.45, 2.75) is 44.8 Å². The lowest BCUT2D eigenvalue weighted by atomic mass is 9.69. The Morgan fingerprint density at radius 1 is 1.35 bits per heavy atom. The molecule has 0 aromatic rings. The zero-order valence-electron chi connectivity index (χ0n) is 12.2. The van der Waals surface area contributed by atoms with Crippen LogP contribution in [-0.4, -0.2) is 30.6 Å². The molecule has 0 unspecified atom stereocenters. The molecular weight excluding hydrogens is 256 g/mol. The number of methoxy groups -OCH3 is 1. The summed E-state index contributed by atoms with van der Waals surface area (Å²) in [5.41, 5.74) is -0.292. The first-order valence-electron chi connectivity index (χ1n) is 7.30. The summed E-state index contributed by atoms with van der Waals surface area (Å²) in [7, 11) is 1.45. The first kappa shape index (κ1) is 12.6. The number of Topliss-reactive ketones (excluding diaryl/α,β-unsaturated/α-hetero) is 1. The van der Waals surface area contributed by atoms with Gasteiger partial charge in [-0.2, -0.15) is 0 Å². The molecule has 0 bridgehead atoms. The summed E-state index contributed by atoms with van der Waals surface area (Å²) >= 11 is 0. The molecule has 0 aromatic heterocycles. The lowest BCUT2D eigenvalue weighted by Gasteiger charge is -2.34. The van der Waals surface area contributed by atoms with Crippen LogP contribution in [0.3, 0.4) is 0 Å². The number of esters is 1. The molecule has 6 atom stereocenters. The van der Waals surface area contributed by atoms with Crippen molar-refractivity contribution < 1.29 is 19.1 Å². The summed E-state index contributed by atoms with van der Waals surface area (Å²) in [5, 5.41) is 0. The van der Waals surface area contributed by atoms with Gasteiger partial charge in [-0.05, 0) is 38.0 Å². The summed E-state index contributed by atoms with van der Waals surface area (Å²) < 4.78 is 10.8. The number of ketones is 1. The minimum Gasteiger partial charge on any atom is -0.469 e. The topological polar surface area (TPSA) is 55.9 Å². The predicted molar refractivity (Wildman–Crippen MR) is 70.8 cm³/mol. The zero-order chi connectivity index (χ0) is 14.5. The molecule has 1 spiro atoms. The zero-order valence-corrected chi connectivity index (χ0v) is 12.2. The van der Waals surface area contributed by atoms with E-state index in [1.807, 2.05) is 6.92 Å². The molecule has 1 saturated heterocycles. The van der Waals surface area contributed by atoms with E-state index < -0.39 is 5.41 Å². The SMILES string of the molecule is C=C1C(=O)[C@H]2O[C@]23C[C@H]2C[C@](C)(C(=O)OC)C[C@H]2[C@]13C. The van der Waals surface area contributed by atoms with Crippen LogP contribution < -0.4 is 0 Å². The van der Waals surface area contributed by atoms with Crippen LogP contribution in [0, 0.1) is 22.7 Å². The summed E-state index contributed by atoms with van der Waals surface area (Å²) in [6.45, 7) is 8.16. The maximum absolute atomic E-state index is 12.2. The van der Waals surface area contributed by atoms with Crippen LogP contribution in [0.4, 0.5) is 0 Å². The fourth-order valence-electron chi connectivity index (χ4n) is 5.56. The Kier molecular flexibility index (Phi) is 2.00. The van der Waals surface area contributed by atoms with Gasteiger partial charge in [0.15, 0.2) is 11.9 Å². The van der Waals surface area contributed by atoms with Gasteiger partial charge in [-0.3, -0.25) is 9.59 Å². The van der Waals surface area contributed by atoms with Gasteiger partial charge in [-0.15, -0.1) is 0 Å². The third-order valence-electron chi connectivity index (χ3n) is 6.67. The monoisotopic (exact) mass is 276 g/mol. The van der Waals surface area contributed by atoms with Crippen LogP contribution in [0.15, 0.2) is 12.2 Å². The number of epoxide rings is 1.